The van der Waals surface area contributed by atoms with Gasteiger partial charge in [0, 0.05) is 15.6 Å². The minimum atomic E-state index is 0.427. The number of halogens is 1. The Kier molecular flexibility index (Phi) is 2.70. The molecule has 0 spiro atoms. The lowest BCUT2D eigenvalue weighted by Gasteiger charge is -2.05. The standard InChI is InChI=1S/C12H9BrN2/c1-8-6-9(4-5-14)11-7-10(13)2-3-12(11)15-8/h2-3,6-7H,4H2,1H3. The molecule has 3 heteroatoms. The number of pyridine rings is 1. The first-order chi connectivity index (χ1) is 7.20. The van der Waals surface area contributed by atoms with Gasteiger partial charge in [-0.25, -0.2) is 0 Å². The molecule has 0 radical (unpaired) electrons. The molecule has 0 saturated heterocycles. The van der Waals surface area contributed by atoms with Crippen molar-refractivity contribution in [3.63, 3.8) is 0 Å². The average molecular weight is 261 g/mol. The van der Waals surface area contributed by atoms with Crippen LogP contribution in [0.1, 0.15) is 11.3 Å². The third-order valence-corrected chi connectivity index (χ3v) is 2.75. The Hall–Kier alpha value is -1.40. The maximum Gasteiger partial charge on any atom is 0.0709 e. The van der Waals surface area contributed by atoms with Crippen LogP contribution in [-0.4, -0.2) is 4.98 Å². The van der Waals surface area contributed by atoms with Crippen molar-refractivity contribution in [1.82, 2.24) is 4.98 Å². The van der Waals surface area contributed by atoms with Crippen LogP contribution in [0.2, 0.25) is 0 Å². The van der Waals surface area contributed by atoms with E-state index in [1.165, 1.54) is 0 Å². The first-order valence-corrected chi connectivity index (χ1v) is 5.43. The smallest absolute Gasteiger partial charge is 0.0709 e. The summed E-state index contributed by atoms with van der Waals surface area (Å²) in [7, 11) is 0. The van der Waals surface area contributed by atoms with Crippen molar-refractivity contribution in [2.75, 3.05) is 0 Å². The topological polar surface area (TPSA) is 36.7 Å². The van der Waals surface area contributed by atoms with Crippen molar-refractivity contribution in [2.45, 2.75) is 13.3 Å². The Labute approximate surface area is 96.7 Å². The molecule has 1 aromatic heterocycles. The van der Waals surface area contributed by atoms with Crippen molar-refractivity contribution < 1.29 is 0 Å². The monoisotopic (exact) mass is 260 g/mol. The van der Waals surface area contributed by atoms with Gasteiger partial charge in [-0.2, -0.15) is 5.26 Å². The van der Waals surface area contributed by atoms with Crippen LogP contribution in [0.3, 0.4) is 0 Å². The van der Waals surface area contributed by atoms with Gasteiger partial charge in [-0.15, -0.1) is 0 Å². The second-order valence-electron chi connectivity index (χ2n) is 3.42. The molecule has 2 rings (SSSR count). The number of aromatic nitrogens is 1. The fraction of sp³-hybridized carbons (Fsp3) is 0.167. The summed E-state index contributed by atoms with van der Waals surface area (Å²) >= 11 is 3.43. The zero-order valence-electron chi connectivity index (χ0n) is 8.29. The fourth-order valence-electron chi connectivity index (χ4n) is 1.65. The van der Waals surface area contributed by atoms with Crippen LogP contribution < -0.4 is 0 Å². The van der Waals surface area contributed by atoms with Crippen LogP contribution in [-0.2, 0) is 6.42 Å². The molecule has 1 aromatic carbocycles. The predicted molar refractivity (Wildman–Crippen MR) is 63.5 cm³/mol. The molecule has 0 aliphatic heterocycles. The van der Waals surface area contributed by atoms with Gasteiger partial charge in [0.05, 0.1) is 18.0 Å². The summed E-state index contributed by atoms with van der Waals surface area (Å²) in [5.74, 6) is 0. The van der Waals surface area contributed by atoms with Gasteiger partial charge in [-0.05, 0) is 36.8 Å². The van der Waals surface area contributed by atoms with Gasteiger partial charge in [0.2, 0.25) is 0 Å². The van der Waals surface area contributed by atoms with Crippen molar-refractivity contribution in [1.29, 1.82) is 5.26 Å². The minimum Gasteiger partial charge on any atom is -0.253 e. The van der Waals surface area contributed by atoms with E-state index in [9.17, 15) is 0 Å². The van der Waals surface area contributed by atoms with Crippen molar-refractivity contribution in [3.05, 3.63) is 40.0 Å². The molecule has 2 aromatic rings. The van der Waals surface area contributed by atoms with Gasteiger partial charge in [0.25, 0.3) is 0 Å². The Balaban J connectivity index is 2.77. The highest BCUT2D eigenvalue weighted by molar-refractivity contribution is 9.10. The molecule has 0 aliphatic rings. The van der Waals surface area contributed by atoms with Crippen LogP contribution in [0.5, 0.6) is 0 Å². The molecule has 0 atom stereocenters. The summed E-state index contributed by atoms with van der Waals surface area (Å²) in [6.07, 6.45) is 0.427. The van der Waals surface area contributed by atoms with Crippen molar-refractivity contribution >= 4 is 26.8 Å². The van der Waals surface area contributed by atoms with E-state index in [0.29, 0.717) is 6.42 Å². The lowest BCUT2D eigenvalue weighted by Crippen LogP contribution is -1.91. The average Bonchev–Trinajstić information content (AvgIpc) is 2.19. The first-order valence-electron chi connectivity index (χ1n) is 4.63. The lowest BCUT2D eigenvalue weighted by atomic mass is 10.1. The van der Waals surface area contributed by atoms with E-state index in [0.717, 1.165) is 26.6 Å². The Bertz CT molecular complexity index is 555. The Morgan fingerprint density at radius 3 is 2.93 bits per heavy atom. The van der Waals surface area contributed by atoms with Crippen molar-refractivity contribution in [2.24, 2.45) is 0 Å². The summed E-state index contributed by atoms with van der Waals surface area (Å²) < 4.78 is 1.01. The number of aryl methyl sites for hydroxylation is 1. The number of fused-ring (bicyclic) bond motifs is 1. The quantitative estimate of drug-likeness (QED) is 0.789. The predicted octanol–water partition coefficient (Wildman–Crippen LogP) is 3.37. The maximum atomic E-state index is 8.76. The van der Waals surface area contributed by atoms with Gasteiger partial charge in [0.15, 0.2) is 0 Å². The number of hydrogen-bond acceptors (Lipinski definition) is 2. The van der Waals surface area contributed by atoms with Crippen LogP contribution in [0.15, 0.2) is 28.7 Å². The van der Waals surface area contributed by atoms with Crippen molar-refractivity contribution in [3.8, 4) is 6.07 Å². The third-order valence-electron chi connectivity index (χ3n) is 2.25. The SMILES string of the molecule is Cc1cc(CC#N)c2cc(Br)ccc2n1. The second-order valence-corrected chi connectivity index (χ2v) is 4.33. The molecule has 1 heterocycles. The fourth-order valence-corrected chi connectivity index (χ4v) is 2.01. The third kappa shape index (κ3) is 2.00. The van der Waals surface area contributed by atoms with Gasteiger partial charge in [-0.3, -0.25) is 4.98 Å². The van der Waals surface area contributed by atoms with Crippen LogP contribution >= 0.6 is 15.9 Å². The molecule has 74 valence electrons. The first kappa shape index (κ1) is 10.1. The summed E-state index contributed by atoms with van der Waals surface area (Å²) in [5, 5.41) is 9.81. The van der Waals surface area contributed by atoms with E-state index in [-0.39, 0.29) is 0 Å². The van der Waals surface area contributed by atoms with Crippen LogP contribution in [0, 0.1) is 18.3 Å². The van der Waals surface area contributed by atoms with Gasteiger partial charge >= 0.3 is 0 Å². The zero-order valence-corrected chi connectivity index (χ0v) is 9.87. The number of benzene rings is 1. The van der Waals surface area contributed by atoms with Gasteiger partial charge < -0.3 is 0 Å². The highest BCUT2D eigenvalue weighted by Crippen LogP contribution is 2.22. The summed E-state index contributed by atoms with van der Waals surface area (Å²) in [6.45, 7) is 1.95. The van der Waals surface area contributed by atoms with E-state index >= 15 is 0 Å². The second kappa shape index (κ2) is 4.00. The number of nitriles is 1. The Morgan fingerprint density at radius 1 is 1.40 bits per heavy atom. The summed E-state index contributed by atoms with van der Waals surface area (Å²) in [6, 6.07) is 10.1. The molecule has 0 amide bonds. The van der Waals surface area contributed by atoms with Crippen LogP contribution in [0.4, 0.5) is 0 Å². The Morgan fingerprint density at radius 2 is 2.20 bits per heavy atom. The normalized spacial score (nSPS) is 10.2. The molecule has 2 nitrogen and oxygen atoms in total. The molecular formula is C12H9BrN2. The molecule has 15 heavy (non-hydrogen) atoms. The molecule has 0 saturated carbocycles. The molecule has 0 unspecified atom stereocenters. The van der Waals surface area contributed by atoms with Gasteiger partial charge in [-0.1, -0.05) is 15.9 Å². The number of hydrogen-bond donors (Lipinski definition) is 0. The number of rotatable bonds is 1. The maximum absolute atomic E-state index is 8.76. The van der Waals surface area contributed by atoms with E-state index in [1.807, 2.05) is 31.2 Å². The highest BCUT2D eigenvalue weighted by atomic mass is 79.9. The lowest BCUT2D eigenvalue weighted by molar-refractivity contribution is 1.20. The largest absolute Gasteiger partial charge is 0.253 e. The minimum absolute atomic E-state index is 0.427. The molecular weight excluding hydrogens is 252 g/mol. The van der Waals surface area contributed by atoms with E-state index in [1.54, 1.807) is 0 Å². The van der Waals surface area contributed by atoms with Gasteiger partial charge in [0.1, 0.15) is 0 Å². The number of nitrogens with zero attached hydrogens (tertiary/aromatic N) is 2. The molecule has 0 N–H and O–H groups in total. The van der Waals surface area contributed by atoms with E-state index < -0.39 is 0 Å². The van der Waals surface area contributed by atoms with E-state index in [4.69, 9.17) is 5.26 Å². The highest BCUT2D eigenvalue weighted by Gasteiger charge is 2.04. The molecule has 0 bridgehead atoms. The van der Waals surface area contributed by atoms with E-state index in [2.05, 4.69) is 27.0 Å². The summed E-state index contributed by atoms with van der Waals surface area (Å²) in [5.41, 5.74) is 2.94. The molecule has 0 aliphatic carbocycles. The zero-order chi connectivity index (χ0) is 10.8. The molecule has 0 fully saturated rings. The van der Waals surface area contributed by atoms with Crippen LogP contribution in [0.25, 0.3) is 10.9 Å². The summed E-state index contributed by atoms with van der Waals surface area (Å²) in [4.78, 5) is 4.43.